The molecule has 0 radical (unpaired) electrons. The van der Waals surface area contributed by atoms with E-state index in [0.29, 0.717) is 6.04 Å². The Morgan fingerprint density at radius 3 is 2.71 bits per heavy atom. The van der Waals surface area contributed by atoms with Crippen LogP contribution in [0, 0.1) is 0 Å². The largest absolute Gasteiger partial charge is 0.415 e. The van der Waals surface area contributed by atoms with Crippen molar-refractivity contribution in [3.8, 4) is 0 Å². The Hall–Kier alpha value is -0.330. The second kappa shape index (κ2) is 5.12. The van der Waals surface area contributed by atoms with Crippen LogP contribution in [0.3, 0.4) is 0 Å². The van der Waals surface area contributed by atoms with Gasteiger partial charge in [-0.25, -0.2) is 0 Å². The number of nitrogens with zero attached hydrogens (tertiary/aromatic N) is 1. The quantitative estimate of drug-likeness (QED) is 0.790. The molecular formula is C11H19F3N2O. The molecule has 6 heteroatoms. The van der Waals surface area contributed by atoms with E-state index in [0.717, 1.165) is 32.4 Å². The predicted octanol–water partition coefficient (Wildman–Crippen LogP) is 1.13. The van der Waals surface area contributed by atoms with E-state index in [2.05, 4.69) is 10.2 Å². The van der Waals surface area contributed by atoms with Gasteiger partial charge in [0, 0.05) is 25.2 Å². The van der Waals surface area contributed by atoms with E-state index in [-0.39, 0.29) is 6.04 Å². The number of fused-ring (bicyclic) bond motifs is 1. The Morgan fingerprint density at radius 1 is 1.24 bits per heavy atom. The van der Waals surface area contributed by atoms with Crippen LogP contribution in [0.2, 0.25) is 0 Å². The van der Waals surface area contributed by atoms with Crippen LogP contribution >= 0.6 is 0 Å². The van der Waals surface area contributed by atoms with Crippen molar-refractivity contribution in [1.29, 1.82) is 0 Å². The SMILES string of the molecule is OC(CNC1CCN2CCCCC12)C(F)(F)F. The smallest absolute Gasteiger partial charge is 0.382 e. The van der Waals surface area contributed by atoms with Gasteiger partial charge in [0.05, 0.1) is 0 Å². The summed E-state index contributed by atoms with van der Waals surface area (Å²) < 4.78 is 36.5. The fourth-order valence-electron chi connectivity index (χ4n) is 2.86. The van der Waals surface area contributed by atoms with Crippen molar-refractivity contribution in [2.45, 2.75) is 50.0 Å². The summed E-state index contributed by atoms with van der Waals surface area (Å²) in [5, 5.41) is 11.8. The summed E-state index contributed by atoms with van der Waals surface area (Å²) in [4.78, 5) is 2.35. The Balaban J connectivity index is 1.80. The zero-order chi connectivity index (χ0) is 12.5. The third-order valence-electron chi connectivity index (χ3n) is 3.81. The molecule has 3 nitrogen and oxygen atoms in total. The molecule has 3 atom stereocenters. The van der Waals surface area contributed by atoms with Gasteiger partial charge in [-0.05, 0) is 25.8 Å². The summed E-state index contributed by atoms with van der Waals surface area (Å²) in [6, 6.07) is 0.469. The van der Waals surface area contributed by atoms with E-state index in [1.165, 1.54) is 6.42 Å². The highest BCUT2D eigenvalue weighted by atomic mass is 19.4. The standard InChI is InChI=1S/C11H19F3N2O/c12-11(13,14)10(17)7-15-8-4-6-16-5-2-1-3-9(8)16/h8-10,15,17H,1-7H2. The van der Waals surface area contributed by atoms with E-state index >= 15 is 0 Å². The van der Waals surface area contributed by atoms with Crippen molar-refractivity contribution in [2.75, 3.05) is 19.6 Å². The lowest BCUT2D eigenvalue weighted by Gasteiger charge is -2.33. The van der Waals surface area contributed by atoms with Crippen molar-refractivity contribution in [1.82, 2.24) is 10.2 Å². The molecule has 17 heavy (non-hydrogen) atoms. The second-order valence-electron chi connectivity index (χ2n) is 4.96. The number of alkyl halides is 3. The molecule has 0 aromatic carbocycles. The lowest BCUT2D eigenvalue weighted by atomic mass is 9.99. The first-order chi connectivity index (χ1) is 7.98. The molecule has 2 saturated heterocycles. The Morgan fingerprint density at radius 2 is 2.00 bits per heavy atom. The van der Waals surface area contributed by atoms with Gasteiger partial charge in [-0.2, -0.15) is 13.2 Å². The summed E-state index contributed by atoms with van der Waals surface area (Å²) in [6.45, 7) is 1.63. The average molecular weight is 252 g/mol. The van der Waals surface area contributed by atoms with Gasteiger partial charge in [0.25, 0.3) is 0 Å². The molecule has 2 heterocycles. The molecule has 2 fully saturated rings. The van der Waals surface area contributed by atoms with Gasteiger partial charge in [-0.3, -0.25) is 4.90 Å². The molecule has 0 spiro atoms. The van der Waals surface area contributed by atoms with Gasteiger partial charge in [0.1, 0.15) is 0 Å². The Kier molecular flexibility index (Phi) is 3.95. The van der Waals surface area contributed by atoms with E-state index in [9.17, 15) is 13.2 Å². The third kappa shape index (κ3) is 3.11. The zero-order valence-corrected chi connectivity index (χ0v) is 9.71. The summed E-state index contributed by atoms with van der Waals surface area (Å²) in [6.07, 6.45) is -2.48. The normalized spacial score (nSPS) is 32.5. The van der Waals surface area contributed by atoms with Gasteiger partial charge >= 0.3 is 6.18 Å². The van der Waals surface area contributed by atoms with Crippen LogP contribution in [0.25, 0.3) is 0 Å². The minimum absolute atomic E-state index is 0.104. The first-order valence-corrected chi connectivity index (χ1v) is 6.20. The van der Waals surface area contributed by atoms with Crippen LogP contribution in [-0.2, 0) is 0 Å². The number of piperidine rings is 1. The van der Waals surface area contributed by atoms with Gasteiger partial charge in [-0.15, -0.1) is 0 Å². The number of halogens is 3. The van der Waals surface area contributed by atoms with Crippen LogP contribution in [0.4, 0.5) is 13.2 Å². The molecule has 0 aromatic heterocycles. The van der Waals surface area contributed by atoms with Crippen molar-refractivity contribution in [3.05, 3.63) is 0 Å². The van der Waals surface area contributed by atoms with Crippen LogP contribution in [0.5, 0.6) is 0 Å². The molecule has 0 amide bonds. The number of aliphatic hydroxyl groups is 1. The lowest BCUT2D eigenvalue weighted by Crippen LogP contribution is -2.48. The number of hydrogen-bond acceptors (Lipinski definition) is 3. The first-order valence-electron chi connectivity index (χ1n) is 6.20. The van der Waals surface area contributed by atoms with Crippen LogP contribution < -0.4 is 5.32 Å². The summed E-state index contributed by atoms with van der Waals surface area (Å²) in [5.74, 6) is 0. The molecule has 2 rings (SSSR count). The minimum Gasteiger partial charge on any atom is -0.382 e. The first kappa shape index (κ1) is 13.1. The second-order valence-corrected chi connectivity index (χ2v) is 4.96. The lowest BCUT2D eigenvalue weighted by molar-refractivity contribution is -0.202. The molecule has 0 aliphatic carbocycles. The molecule has 3 unspecified atom stereocenters. The monoisotopic (exact) mass is 252 g/mol. The third-order valence-corrected chi connectivity index (χ3v) is 3.81. The van der Waals surface area contributed by atoms with Crippen molar-refractivity contribution in [2.24, 2.45) is 0 Å². The number of nitrogens with one attached hydrogen (secondary N) is 1. The van der Waals surface area contributed by atoms with Crippen LogP contribution in [-0.4, -0.2) is 54.0 Å². The van der Waals surface area contributed by atoms with Crippen molar-refractivity contribution < 1.29 is 18.3 Å². The highest BCUT2D eigenvalue weighted by Crippen LogP contribution is 2.27. The molecule has 0 aromatic rings. The van der Waals surface area contributed by atoms with E-state index in [1.807, 2.05) is 0 Å². The van der Waals surface area contributed by atoms with Gasteiger partial charge in [0.15, 0.2) is 6.10 Å². The zero-order valence-electron chi connectivity index (χ0n) is 9.71. The van der Waals surface area contributed by atoms with E-state index < -0.39 is 18.8 Å². The topological polar surface area (TPSA) is 35.5 Å². The maximum atomic E-state index is 12.2. The van der Waals surface area contributed by atoms with E-state index in [1.54, 1.807) is 0 Å². The Labute approximate surface area is 99.0 Å². The maximum Gasteiger partial charge on any atom is 0.415 e. The maximum absolute atomic E-state index is 12.2. The molecule has 0 bridgehead atoms. The molecular weight excluding hydrogens is 233 g/mol. The van der Waals surface area contributed by atoms with Crippen LogP contribution in [0.15, 0.2) is 0 Å². The fraction of sp³-hybridized carbons (Fsp3) is 1.00. The molecule has 0 saturated carbocycles. The van der Waals surface area contributed by atoms with Crippen LogP contribution in [0.1, 0.15) is 25.7 Å². The molecule has 2 aliphatic heterocycles. The van der Waals surface area contributed by atoms with Gasteiger partial charge in [-0.1, -0.05) is 6.42 Å². The molecule has 2 aliphatic rings. The highest BCUT2D eigenvalue weighted by Gasteiger charge is 2.40. The number of hydrogen-bond donors (Lipinski definition) is 2. The van der Waals surface area contributed by atoms with E-state index in [4.69, 9.17) is 5.11 Å². The average Bonchev–Trinajstić information content (AvgIpc) is 2.68. The van der Waals surface area contributed by atoms with Gasteiger partial charge in [0.2, 0.25) is 0 Å². The number of rotatable bonds is 3. The highest BCUT2D eigenvalue weighted by molar-refractivity contribution is 4.94. The summed E-state index contributed by atoms with van der Waals surface area (Å²) >= 11 is 0. The fourth-order valence-corrected chi connectivity index (χ4v) is 2.86. The molecule has 100 valence electrons. The number of aliphatic hydroxyl groups excluding tert-OH is 1. The predicted molar refractivity (Wildman–Crippen MR) is 57.7 cm³/mol. The minimum atomic E-state index is -4.52. The molecule has 2 N–H and O–H groups in total. The summed E-state index contributed by atoms with van der Waals surface area (Å²) in [5.41, 5.74) is 0. The van der Waals surface area contributed by atoms with Gasteiger partial charge < -0.3 is 10.4 Å². The van der Waals surface area contributed by atoms with Crippen molar-refractivity contribution >= 4 is 0 Å². The summed E-state index contributed by atoms with van der Waals surface area (Å²) in [7, 11) is 0. The Bertz CT molecular complexity index is 260. The van der Waals surface area contributed by atoms with Crippen molar-refractivity contribution in [3.63, 3.8) is 0 Å².